The van der Waals surface area contributed by atoms with E-state index in [0.717, 1.165) is 51.3 Å². The minimum Gasteiger partial charge on any atom is -0.373 e. The Hall–Kier alpha value is -2.19. The molecule has 0 aliphatic carbocycles. The molecule has 0 radical (unpaired) electrons. The third-order valence-corrected chi connectivity index (χ3v) is 5.97. The van der Waals surface area contributed by atoms with E-state index in [2.05, 4.69) is 29.0 Å². The number of hydrogen-bond donors (Lipinski definition) is 1. The molecule has 2 atom stereocenters. The average molecular weight is 405 g/mol. The second-order valence-corrected chi connectivity index (χ2v) is 8.27. The van der Waals surface area contributed by atoms with Gasteiger partial charge in [-0.15, -0.1) is 0 Å². The van der Waals surface area contributed by atoms with E-state index < -0.39 is 4.92 Å². The number of nitro benzene ring substituents is 1. The van der Waals surface area contributed by atoms with Gasteiger partial charge >= 0.3 is 0 Å². The van der Waals surface area contributed by atoms with Gasteiger partial charge in [0.15, 0.2) is 0 Å². The minimum atomic E-state index is -0.462. The second kappa shape index (κ2) is 9.54. The molecule has 1 aromatic carbocycles. The summed E-state index contributed by atoms with van der Waals surface area (Å²) in [6.07, 6.45) is 3.91. The third-order valence-electron chi connectivity index (χ3n) is 5.97. The summed E-state index contributed by atoms with van der Waals surface area (Å²) in [6.45, 7) is 9.10. The van der Waals surface area contributed by atoms with E-state index in [-0.39, 0.29) is 11.6 Å². The molecule has 2 fully saturated rings. The highest BCUT2D eigenvalue weighted by atomic mass is 16.6. The first-order valence-electron chi connectivity index (χ1n) is 10.5. The number of benzene rings is 1. The van der Waals surface area contributed by atoms with Gasteiger partial charge in [0.25, 0.3) is 11.6 Å². The van der Waals surface area contributed by atoms with Gasteiger partial charge in [-0.05, 0) is 51.6 Å². The van der Waals surface area contributed by atoms with Crippen LogP contribution in [-0.2, 0) is 4.74 Å². The molecule has 0 aromatic heterocycles. The van der Waals surface area contributed by atoms with Gasteiger partial charge in [0, 0.05) is 45.4 Å². The largest absolute Gasteiger partial charge is 0.373 e. The van der Waals surface area contributed by atoms with E-state index in [9.17, 15) is 14.9 Å². The van der Waals surface area contributed by atoms with E-state index >= 15 is 0 Å². The lowest BCUT2D eigenvalue weighted by atomic mass is 9.92. The van der Waals surface area contributed by atoms with Crippen molar-refractivity contribution < 1.29 is 14.5 Å². The molecule has 1 aromatic rings. The Labute approximate surface area is 172 Å². The fourth-order valence-corrected chi connectivity index (χ4v) is 4.52. The summed E-state index contributed by atoms with van der Waals surface area (Å²) < 4.78 is 5.81. The predicted octanol–water partition coefficient (Wildman–Crippen LogP) is 2.67. The summed E-state index contributed by atoms with van der Waals surface area (Å²) in [6, 6.07) is 4.56. The van der Waals surface area contributed by atoms with E-state index in [0.29, 0.717) is 23.7 Å². The molecule has 1 amide bonds. The number of carbonyl (C=O) groups is 1. The quantitative estimate of drug-likeness (QED) is 0.579. The SMILES string of the molecule is CNC(=O)c1cc([N+](=O)[O-])ccc1N1CCC(CCN2CC(C)OC(C)C2)CC1. The molecule has 2 saturated heterocycles. The Balaban J connectivity index is 1.57. The summed E-state index contributed by atoms with van der Waals surface area (Å²) in [5.74, 6) is 0.377. The number of morpholine rings is 1. The molecule has 29 heavy (non-hydrogen) atoms. The van der Waals surface area contributed by atoms with Gasteiger partial charge in [0.2, 0.25) is 0 Å². The van der Waals surface area contributed by atoms with Crippen LogP contribution >= 0.6 is 0 Å². The molecule has 1 N–H and O–H groups in total. The molecule has 3 rings (SSSR count). The molecule has 0 spiro atoms. The number of nitrogens with zero attached hydrogens (tertiary/aromatic N) is 3. The van der Waals surface area contributed by atoms with Crippen LogP contribution in [0, 0.1) is 16.0 Å². The Morgan fingerprint density at radius 3 is 2.48 bits per heavy atom. The number of nitrogens with one attached hydrogen (secondary N) is 1. The van der Waals surface area contributed by atoms with Gasteiger partial charge in [-0.1, -0.05) is 0 Å². The van der Waals surface area contributed by atoms with E-state index in [1.165, 1.54) is 18.6 Å². The maximum atomic E-state index is 12.3. The second-order valence-electron chi connectivity index (χ2n) is 8.27. The molecule has 2 unspecified atom stereocenters. The lowest BCUT2D eigenvalue weighted by Gasteiger charge is -2.38. The van der Waals surface area contributed by atoms with Crippen molar-refractivity contribution in [1.82, 2.24) is 10.2 Å². The van der Waals surface area contributed by atoms with Gasteiger partial charge < -0.3 is 15.0 Å². The summed E-state index contributed by atoms with van der Waals surface area (Å²) in [4.78, 5) is 27.6. The topological polar surface area (TPSA) is 87.9 Å². The molecule has 0 bridgehead atoms. The summed E-state index contributed by atoms with van der Waals surface area (Å²) in [5, 5.41) is 13.7. The monoisotopic (exact) mass is 404 g/mol. The van der Waals surface area contributed by atoms with Crippen molar-refractivity contribution in [3.05, 3.63) is 33.9 Å². The number of hydrogen-bond acceptors (Lipinski definition) is 6. The van der Waals surface area contributed by atoms with Crippen LogP contribution < -0.4 is 10.2 Å². The lowest BCUT2D eigenvalue weighted by molar-refractivity contribution is -0.384. The Morgan fingerprint density at radius 2 is 1.90 bits per heavy atom. The summed E-state index contributed by atoms with van der Waals surface area (Å²) in [7, 11) is 1.55. The number of non-ortho nitro benzene ring substituents is 1. The number of carbonyl (C=O) groups excluding carboxylic acids is 1. The van der Waals surface area contributed by atoms with Crippen molar-refractivity contribution in [2.75, 3.05) is 44.7 Å². The molecule has 8 nitrogen and oxygen atoms in total. The summed E-state index contributed by atoms with van der Waals surface area (Å²) in [5.41, 5.74) is 1.09. The van der Waals surface area contributed by atoms with Crippen molar-refractivity contribution in [2.45, 2.75) is 45.3 Å². The van der Waals surface area contributed by atoms with Crippen LogP contribution in [0.5, 0.6) is 0 Å². The number of ether oxygens (including phenoxy) is 1. The van der Waals surface area contributed by atoms with E-state index in [1.807, 2.05) is 0 Å². The Morgan fingerprint density at radius 1 is 1.24 bits per heavy atom. The van der Waals surface area contributed by atoms with E-state index in [4.69, 9.17) is 4.74 Å². The minimum absolute atomic E-state index is 0.0591. The standard InChI is InChI=1S/C21H32N4O4/c1-15-13-23(14-16(2)29-15)9-6-17-7-10-24(11-8-17)20-5-4-18(25(27)28)12-19(20)21(26)22-3/h4-5,12,15-17H,6-11,13-14H2,1-3H3,(H,22,26). The smallest absolute Gasteiger partial charge is 0.270 e. The van der Waals surface area contributed by atoms with Crippen molar-refractivity contribution in [2.24, 2.45) is 5.92 Å². The molecular weight excluding hydrogens is 372 g/mol. The molecule has 160 valence electrons. The van der Waals surface area contributed by atoms with Crippen LogP contribution in [0.2, 0.25) is 0 Å². The van der Waals surface area contributed by atoms with Crippen molar-refractivity contribution >= 4 is 17.3 Å². The van der Waals surface area contributed by atoms with Crippen LogP contribution in [0.1, 0.15) is 43.5 Å². The number of amides is 1. The first-order chi connectivity index (χ1) is 13.9. The molecule has 2 aliphatic heterocycles. The number of nitro groups is 1. The van der Waals surface area contributed by atoms with Gasteiger partial charge in [-0.3, -0.25) is 19.8 Å². The van der Waals surface area contributed by atoms with Gasteiger partial charge in [-0.2, -0.15) is 0 Å². The molecule has 8 heteroatoms. The van der Waals surface area contributed by atoms with Crippen LogP contribution in [0.4, 0.5) is 11.4 Å². The Kier molecular flexibility index (Phi) is 7.08. The van der Waals surface area contributed by atoms with Crippen LogP contribution in [0.25, 0.3) is 0 Å². The van der Waals surface area contributed by atoms with Gasteiger partial charge in [-0.25, -0.2) is 0 Å². The number of piperidine rings is 1. The fraction of sp³-hybridized carbons (Fsp3) is 0.667. The first kappa shape index (κ1) is 21.5. The zero-order valence-electron chi connectivity index (χ0n) is 17.6. The highest BCUT2D eigenvalue weighted by Crippen LogP contribution is 2.30. The van der Waals surface area contributed by atoms with E-state index in [1.54, 1.807) is 13.1 Å². The first-order valence-corrected chi connectivity index (χ1v) is 10.5. The van der Waals surface area contributed by atoms with Gasteiger partial charge in [0.1, 0.15) is 0 Å². The number of anilines is 1. The maximum Gasteiger partial charge on any atom is 0.270 e. The van der Waals surface area contributed by atoms with Crippen LogP contribution in [0.3, 0.4) is 0 Å². The van der Waals surface area contributed by atoms with Crippen LogP contribution in [-0.4, -0.2) is 67.7 Å². The molecule has 0 saturated carbocycles. The average Bonchev–Trinajstić information content (AvgIpc) is 2.71. The van der Waals surface area contributed by atoms with Crippen molar-refractivity contribution in [3.8, 4) is 0 Å². The molecular formula is C21H32N4O4. The highest BCUT2D eigenvalue weighted by molar-refractivity contribution is 6.00. The lowest BCUT2D eigenvalue weighted by Crippen LogP contribution is -2.46. The number of rotatable bonds is 6. The van der Waals surface area contributed by atoms with Crippen LogP contribution in [0.15, 0.2) is 18.2 Å². The highest BCUT2D eigenvalue weighted by Gasteiger charge is 2.26. The zero-order valence-corrected chi connectivity index (χ0v) is 17.6. The Bertz CT molecular complexity index is 723. The van der Waals surface area contributed by atoms with Crippen molar-refractivity contribution in [3.63, 3.8) is 0 Å². The predicted molar refractivity (Wildman–Crippen MR) is 112 cm³/mol. The zero-order chi connectivity index (χ0) is 21.0. The molecule has 2 aliphatic rings. The van der Waals surface area contributed by atoms with Crippen molar-refractivity contribution in [1.29, 1.82) is 0 Å². The molecule has 2 heterocycles. The van der Waals surface area contributed by atoms with Gasteiger partial charge in [0.05, 0.1) is 28.4 Å². The fourth-order valence-electron chi connectivity index (χ4n) is 4.52. The third kappa shape index (κ3) is 5.45. The maximum absolute atomic E-state index is 12.3. The summed E-state index contributed by atoms with van der Waals surface area (Å²) >= 11 is 0. The normalized spacial score (nSPS) is 23.8.